The highest BCUT2D eigenvalue weighted by Crippen LogP contribution is 2.19. The maximum Gasteiger partial charge on any atom is 0.329 e. The highest BCUT2D eigenvalue weighted by molar-refractivity contribution is 5.96. The van der Waals surface area contributed by atoms with Crippen LogP contribution in [0.4, 0.5) is 0 Å². The molecular formula is C16H11NO3. The highest BCUT2D eigenvalue weighted by atomic mass is 16.4. The molecular weight excluding hydrogens is 254 g/mol. The molecule has 0 amide bonds. The van der Waals surface area contributed by atoms with Crippen LogP contribution in [0.3, 0.4) is 0 Å². The number of aromatic nitrogens is 1. The molecule has 0 aliphatic carbocycles. The van der Waals surface area contributed by atoms with Crippen LogP contribution in [0.2, 0.25) is 0 Å². The second kappa shape index (κ2) is 4.66. The Morgan fingerprint density at radius 2 is 1.45 bits per heavy atom. The van der Waals surface area contributed by atoms with Gasteiger partial charge in [-0.25, -0.2) is 4.79 Å². The fourth-order valence-electron chi connectivity index (χ4n) is 2.33. The summed E-state index contributed by atoms with van der Waals surface area (Å²) in [6.45, 7) is 0. The summed E-state index contributed by atoms with van der Waals surface area (Å²) in [5, 5.41) is 9.95. The molecule has 0 aliphatic heterocycles. The number of aliphatic carboxylic acids is 1. The molecule has 3 rings (SSSR count). The fourth-order valence-corrected chi connectivity index (χ4v) is 2.33. The van der Waals surface area contributed by atoms with Gasteiger partial charge in [-0.1, -0.05) is 24.3 Å². The number of rotatable bonds is 2. The van der Waals surface area contributed by atoms with E-state index in [0.717, 1.165) is 6.08 Å². The smallest absolute Gasteiger partial charge is 0.329 e. The quantitative estimate of drug-likeness (QED) is 0.572. The minimum Gasteiger partial charge on any atom is -0.478 e. The van der Waals surface area contributed by atoms with Crippen LogP contribution >= 0.6 is 0 Å². The van der Waals surface area contributed by atoms with Gasteiger partial charge in [-0.05, 0) is 24.3 Å². The molecule has 4 heteroatoms. The largest absolute Gasteiger partial charge is 0.478 e. The van der Waals surface area contributed by atoms with Crippen LogP contribution < -0.4 is 5.43 Å². The zero-order valence-corrected chi connectivity index (χ0v) is 10.5. The zero-order chi connectivity index (χ0) is 14.1. The number of nitrogens with zero attached hydrogens (tertiary/aromatic N) is 1. The van der Waals surface area contributed by atoms with E-state index in [0.29, 0.717) is 21.8 Å². The molecule has 20 heavy (non-hydrogen) atoms. The van der Waals surface area contributed by atoms with Crippen LogP contribution in [0.15, 0.2) is 59.4 Å². The van der Waals surface area contributed by atoms with Gasteiger partial charge in [0.2, 0.25) is 0 Å². The van der Waals surface area contributed by atoms with Gasteiger partial charge in [0.05, 0.1) is 11.0 Å². The molecule has 1 N–H and O–H groups in total. The molecule has 1 heterocycles. The third kappa shape index (κ3) is 1.87. The lowest BCUT2D eigenvalue weighted by Gasteiger charge is -2.10. The maximum absolute atomic E-state index is 12.4. The standard InChI is InChI=1S/C16H11NO3/c18-15(19)9-10-17-13-7-3-1-5-11(13)16(20)12-6-2-4-8-14(12)17/h1-10H,(H,18,19). The molecule has 0 unspecified atom stereocenters. The van der Waals surface area contributed by atoms with E-state index in [2.05, 4.69) is 0 Å². The highest BCUT2D eigenvalue weighted by Gasteiger charge is 2.08. The van der Waals surface area contributed by atoms with Crippen molar-refractivity contribution in [3.8, 4) is 0 Å². The Morgan fingerprint density at radius 1 is 0.950 bits per heavy atom. The van der Waals surface area contributed by atoms with Gasteiger partial charge in [-0.3, -0.25) is 4.79 Å². The Balaban J connectivity index is 2.53. The van der Waals surface area contributed by atoms with Gasteiger partial charge in [0, 0.05) is 23.0 Å². The Bertz CT molecular complexity index is 846. The number of para-hydroxylation sites is 2. The molecule has 0 radical (unpaired) electrons. The Kier molecular flexibility index (Phi) is 2.84. The van der Waals surface area contributed by atoms with Crippen molar-refractivity contribution < 1.29 is 9.90 Å². The summed E-state index contributed by atoms with van der Waals surface area (Å²) in [6.07, 6.45) is 2.52. The van der Waals surface area contributed by atoms with E-state index in [1.807, 2.05) is 12.1 Å². The van der Waals surface area contributed by atoms with Crippen molar-refractivity contribution in [1.82, 2.24) is 4.57 Å². The normalized spacial score (nSPS) is 11.4. The molecule has 3 aromatic rings. The number of carbonyl (C=O) groups is 1. The molecule has 0 saturated heterocycles. The van der Waals surface area contributed by atoms with E-state index in [-0.39, 0.29) is 5.43 Å². The molecule has 0 fully saturated rings. The van der Waals surface area contributed by atoms with Crippen LogP contribution in [-0.4, -0.2) is 15.6 Å². The number of pyridine rings is 1. The van der Waals surface area contributed by atoms with Crippen LogP contribution in [0.5, 0.6) is 0 Å². The SMILES string of the molecule is O=C(O)C=Cn1c2ccccc2c(=O)c2ccccc21. The Labute approximate surface area is 114 Å². The van der Waals surface area contributed by atoms with Crippen LogP contribution in [-0.2, 0) is 4.79 Å². The number of carboxylic acids is 1. The van der Waals surface area contributed by atoms with Gasteiger partial charge >= 0.3 is 5.97 Å². The predicted octanol–water partition coefficient (Wildman–Crippen LogP) is 2.71. The van der Waals surface area contributed by atoms with Crippen molar-refractivity contribution in [2.24, 2.45) is 0 Å². The minimum absolute atomic E-state index is 0.0452. The summed E-state index contributed by atoms with van der Waals surface area (Å²) in [7, 11) is 0. The lowest BCUT2D eigenvalue weighted by atomic mass is 10.1. The van der Waals surface area contributed by atoms with Crippen molar-refractivity contribution >= 4 is 34.0 Å². The third-order valence-electron chi connectivity index (χ3n) is 3.18. The summed E-state index contributed by atoms with van der Waals surface area (Å²) < 4.78 is 1.72. The molecule has 2 aromatic carbocycles. The van der Waals surface area contributed by atoms with Gasteiger partial charge in [0.25, 0.3) is 0 Å². The van der Waals surface area contributed by atoms with Crippen LogP contribution in [0.25, 0.3) is 28.0 Å². The number of fused-ring (bicyclic) bond motifs is 2. The van der Waals surface area contributed by atoms with Crippen LogP contribution in [0.1, 0.15) is 0 Å². The minimum atomic E-state index is -1.03. The number of benzene rings is 2. The first kappa shape index (κ1) is 12.2. The van der Waals surface area contributed by atoms with E-state index in [1.54, 1.807) is 41.0 Å². The first-order valence-corrected chi connectivity index (χ1v) is 6.11. The molecule has 0 saturated carbocycles. The van der Waals surface area contributed by atoms with Crippen LogP contribution in [0, 0.1) is 0 Å². The Morgan fingerprint density at radius 3 is 1.95 bits per heavy atom. The second-order valence-electron chi connectivity index (χ2n) is 4.39. The van der Waals surface area contributed by atoms with Crippen molar-refractivity contribution in [2.45, 2.75) is 0 Å². The average Bonchev–Trinajstić information content (AvgIpc) is 2.47. The first-order valence-electron chi connectivity index (χ1n) is 6.11. The molecule has 4 nitrogen and oxygen atoms in total. The van der Waals surface area contributed by atoms with E-state index < -0.39 is 5.97 Å². The van der Waals surface area contributed by atoms with Crippen molar-refractivity contribution in [2.75, 3.05) is 0 Å². The van der Waals surface area contributed by atoms with Gasteiger partial charge in [0.1, 0.15) is 0 Å². The Hall–Kier alpha value is -2.88. The zero-order valence-electron chi connectivity index (χ0n) is 10.5. The average molecular weight is 265 g/mol. The van der Waals surface area contributed by atoms with Gasteiger partial charge in [0.15, 0.2) is 5.43 Å². The van der Waals surface area contributed by atoms with Crippen molar-refractivity contribution in [1.29, 1.82) is 0 Å². The second-order valence-corrected chi connectivity index (χ2v) is 4.39. The summed E-state index contributed by atoms with van der Waals surface area (Å²) in [4.78, 5) is 23.2. The monoisotopic (exact) mass is 265 g/mol. The molecule has 98 valence electrons. The predicted molar refractivity (Wildman–Crippen MR) is 78.7 cm³/mol. The first-order chi connectivity index (χ1) is 9.68. The summed E-state index contributed by atoms with van der Waals surface area (Å²) in [5.74, 6) is -1.03. The van der Waals surface area contributed by atoms with E-state index in [9.17, 15) is 9.59 Å². The van der Waals surface area contributed by atoms with Gasteiger partial charge < -0.3 is 9.67 Å². The molecule has 1 aromatic heterocycles. The van der Waals surface area contributed by atoms with E-state index >= 15 is 0 Å². The molecule has 0 aliphatic rings. The topological polar surface area (TPSA) is 59.3 Å². The maximum atomic E-state index is 12.4. The molecule has 0 spiro atoms. The van der Waals surface area contributed by atoms with Gasteiger partial charge in [-0.15, -0.1) is 0 Å². The number of hydrogen-bond acceptors (Lipinski definition) is 2. The lowest BCUT2D eigenvalue weighted by Crippen LogP contribution is -2.08. The van der Waals surface area contributed by atoms with E-state index in [4.69, 9.17) is 5.11 Å². The van der Waals surface area contributed by atoms with Crippen molar-refractivity contribution in [3.05, 3.63) is 64.8 Å². The van der Waals surface area contributed by atoms with Gasteiger partial charge in [-0.2, -0.15) is 0 Å². The van der Waals surface area contributed by atoms with Crippen molar-refractivity contribution in [3.63, 3.8) is 0 Å². The molecule has 0 bridgehead atoms. The fraction of sp³-hybridized carbons (Fsp3) is 0. The summed E-state index contributed by atoms with van der Waals surface area (Å²) in [5.41, 5.74) is 1.33. The summed E-state index contributed by atoms with van der Waals surface area (Å²) >= 11 is 0. The summed E-state index contributed by atoms with van der Waals surface area (Å²) in [6, 6.07) is 14.3. The number of carboxylic acid groups (broad SMARTS) is 1. The van der Waals surface area contributed by atoms with E-state index in [1.165, 1.54) is 6.20 Å². The lowest BCUT2D eigenvalue weighted by molar-refractivity contribution is -0.131. The third-order valence-corrected chi connectivity index (χ3v) is 3.18. The number of hydrogen-bond donors (Lipinski definition) is 1. The molecule has 0 atom stereocenters.